The lowest BCUT2D eigenvalue weighted by atomic mass is 10.1. The monoisotopic (exact) mass is 434 g/mol. The Balaban J connectivity index is 1.42. The maximum Gasteiger partial charge on any atom is 0.306 e. The zero-order valence-electron chi connectivity index (χ0n) is 16.2. The number of nitrogens with zero attached hydrogens (tertiary/aromatic N) is 1. The molecule has 29 heavy (non-hydrogen) atoms. The zero-order chi connectivity index (χ0) is 20.8. The molecular formula is C21H23ClN2O4S. The Morgan fingerprint density at radius 1 is 1.14 bits per heavy atom. The Labute approximate surface area is 178 Å². The SMILES string of the molecule is Cc1cc(N2CCCC2)ccc1NC(=O)COC(=O)CCC(=O)c1ccc(Cl)s1. The van der Waals surface area contributed by atoms with Crippen LogP contribution in [0.3, 0.4) is 0 Å². The van der Waals surface area contributed by atoms with Gasteiger partial charge in [-0.15, -0.1) is 11.3 Å². The average molecular weight is 435 g/mol. The number of anilines is 2. The molecule has 0 bridgehead atoms. The van der Waals surface area contributed by atoms with Crippen molar-refractivity contribution in [3.05, 3.63) is 45.1 Å². The number of benzene rings is 1. The molecule has 1 saturated heterocycles. The van der Waals surface area contributed by atoms with E-state index in [1.165, 1.54) is 24.2 Å². The molecule has 2 aromatic rings. The summed E-state index contributed by atoms with van der Waals surface area (Å²) >= 11 is 6.97. The lowest BCUT2D eigenvalue weighted by molar-refractivity contribution is -0.147. The zero-order valence-corrected chi connectivity index (χ0v) is 17.8. The standard InChI is InChI=1S/C21H23ClN2O4S/c1-14-12-15(24-10-2-3-11-24)4-5-16(14)23-20(26)13-28-21(27)9-6-17(25)18-7-8-19(22)29-18/h4-5,7-8,12H,2-3,6,9-11,13H2,1H3,(H,23,26). The number of carbonyl (C=O) groups excluding carboxylic acids is 3. The van der Waals surface area contributed by atoms with Gasteiger partial charge in [-0.2, -0.15) is 0 Å². The topological polar surface area (TPSA) is 75.7 Å². The first-order valence-corrected chi connectivity index (χ1v) is 10.7. The number of halogens is 1. The number of thiophene rings is 1. The van der Waals surface area contributed by atoms with E-state index in [4.69, 9.17) is 16.3 Å². The third-order valence-corrected chi connectivity index (χ3v) is 6.00. The van der Waals surface area contributed by atoms with Crippen LogP contribution in [0.5, 0.6) is 0 Å². The van der Waals surface area contributed by atoms with E-state index in [0.29, 0.717) is 14.9 Å². The molecule has 0 unspecified atom stereocenters. The Kier molecular flexibility index (Phi) is 7.28. The molecule has 154 valence electrons. The predicted molar refractivity (Wildman–Crippen MR) is 115 cm³/mol. The van der Waals surface area contributed by atoms with Gasteiger partial charge in [-0.05, 0) is 55.7 Å². The highest BCUT2D eigenvalue weighted by Crippen LogP contribution is 2.25. The summed E-state index contributed by atoms with van der Waals surface area (Å²) in [5.74, 6) is -1.17. The number of Topliss-reactive ketones (excluding diaryl/α,β-unsaturated/α-hetero) is 1. The fraction of sp³-hybridized carbons (Fsp3) is 0.381. The molecule has 0 saturated carbocycles. The quantitative estimate of drug-likeness (QED) is 0.490. The number of rotatable bonds is 8. The van der Waals surface area contributed by atoms with Crippen molar-refractivity contribution >= 4 is 52.0 Å². The number of aryl methyl sites for hydroxylation is 1. The summed E-state index contributed by atoms with van der Waals surface area (Å²) < 4.78 is 5.50. The van der Waals surface area contributed by atoms with Crippen molar-refractivity contribution in [2.24, 2.45) is 0 Å². The smallest absolute Gasteiger partial charge is 0.306 e. The van der Waals surface area contributed by atoms with Crippen LogP contribution in [-0.2, 0) is 14.3 Å². The first-order valence-electron chi connectivity index (χ1n) is 9.52. The molecule has 1 aliphatic heterocycles. The van der Waals surface area contributed by atoms with Crippen LogP contribution >= 0.6 is 22.9 Å². The molecule has 3 rings (SSSR count). The third-order valence-electron chi connectivity index (χ3n) is 4.72. The highest BCUT2D eigenvalue weighted by atomic mass is 35.5. The summed E-state index contributed by atoms with van der Waals surface area (Å²) in [6, 6.07) is 9.18. The number of ether oxygens (including phenoxy) is 1. The first kappa shape index (κ1) is 21.3. The Hall–Kier alpha value is -2.38. The van der Waals surface area contributed by atoms with Gasteiger partial charge in [-0.25, -0.2) is 0 Å². The number of hydrogen-bond donors (Lipinski definition) is 1. The Morgan fingerprint density at radius 3 is 2.55 bits per heavy atom. The van der Waals surface area contributed by atoms with E-state index in [1.807, 2.05) is 19.1 Å². The lowest BCUT2D eigenvalue weighted by Gasteiger charge is -2.19. The van der Waals surface area contributed by atoms with Gasteiger partial charge < -0.3 is 15.0 Å². The van der Waals surface area contributed by atoms with Crippen molar-refractivity contribution in [3.8, 4) is 0 Å². The summed E-state index contributed by atoms with van der Waals surface area (Å²) in [5.41, 5.74) is 2.80. The second-order valence-corrected chi connectivity index (χ2v) is 8.64. The molecule has 1 fully saturated rings. The second-order valence-electron chi connectivity index (χ2n) is 6.93. The van der Waals surface area contributed by atoms with Gasteiger partial charge in [0, 0.05) is 30.9 Å². The van der Waals surface area contributed by atoms with Gasteiger partial charge in [0.05, 0.1) is 15.6 Å². The molecular weight excluding hydrogens is 412 g/mol. The molecule has 0 atom stereocenters. The minimum Gasteiger partial charge on any atom is -0.456 e. The fourth-order valence-corrected chi connectivity index (χ4v) is 4.18. The summed E-state index contributed by atoms with van der Waals surface area (Å²) in [6.07, 6.45) is 2.35. The van der Waals surface area contributed by atoms with E-state index in [0.717, 1.165) is 24.3 Å². The molecule has 6 nitrogen and oxygen atoms in total. The largest absolute Gasteiger partial charge is 0.456 e. The normalized spacial score (nSPS) is 13.4. The first-order chi connectivity index (χ1) is 13.9. The van der Waals surface area contributed by atoms with Crippen LogP contribution in [0, 0.1) is 6.92 Å². The lowest BCUT2D eigenvalue weighted by Crippen LogP contribution is -2.22. The Morgan fingerprint density at radius 2 is 1.90 bits per heavy atom. The molecule has 0 spiro atoms. The molecule has 0 radical (unpaired) electrons. The molecule has 1 aliphatic rings. The van der Waals surface area contributed by atoms with E-state index < -0.39 is 11.9 Å². The van der Waals surface area contributed by atoms with E-state index >= 15 is 0 Å². The van der Waals surface area contributed by atoms with Gasteiger partial charge in [-0.1, -0.05) is 11.6 Å². The molecule has 1 aromatic heterocycles. The van der Waals surface area contributed by atoms with E-state index in [2.05, 4.69) is 16.3 Å². The average Bonchev–Trinajstić information content (AvgIpc) is 3.38. The van der Waals surface area contributed by atoms with Gasteiger partial charge in [0.25, 0.3) is 5.91 Å². The molecule has 1 amide bonds. The minimum atomic E-state index is -0.586. The maximum absolute atomic E-state index is 12.1. The van der Waals surface area contributed by atoms with Crippen molar-refractivity contribution in [2.45, 2.75) is 32.6 Å². The summed E-state index contributed by atoms with van der Waals surface area (Å²) in [5, 5.41) is 2.76. The van der Waals surface area contributed by atoms with Gasteiger partial charge in [0.1, 0.15) is 0 Å². The van der Waals surface area contributed by atoms with Gasteiger partial charge in [-0.3, -0.25) is 14.4 Å². The summed E-state index contributed by atoms with van der Waals surface area (Å²) in [6.45, 7) is 3.67. The van der Waals surface area contributed by atoms with Crippen LogP contribution in [0.2, 0.25) is 4.34 Å². The van der Waals surface area contributed by atoms with Crippen molar-refractivity contribution < 1.29 is 19.1 Å². The predicted octanol–water partition coefficient (Wildman–Crippen LogP) is 4.45. The van der Waals surface area contributed by atoms with Crippen molar-refractivity contribution in [2.75, 3.05) is 29.9 Å². The fourth-order valence-electron chi connectivity index (χ4n) is 3.17. The highest BCUT2D eigenvalue weighted by Gasteiger charge is 2.15. The molecule has 8 heteroatoms. The van der Waals surface area contributed by atoms with Crippen molar-refractivity contribution in [1.29, 1.82) is 0 Å². The number of ketones is 1. The molecule has 0 aliphatic carbocycles. The van der Waals surface area contributed by atoms with Crippen LogP contribution in [-0.4, -0.2) is 37.4 Å². The maximum atomic E-state index is 12.1. The highest BCUT2D eigenvalue weighted by molar-refractivity contribution is 7.18. The second kappa shape index (κ2) is 9.89. The van der Waals surface area contributed by atoms with Gasteiger partial charge in [0.15, 0.2) is 12.4 Å². The number of nitrogens with one attached hydrogen (secondary N) is 1. The minimum absolute atomic E-state index is 0.0222. The number of amides is 1. The van der Waals surface area contributed by atoms with Gasteiger partial charge >= 0.3 is 5.97 Å². The van der Waals surface area contributed by atoms with Gasteiger partial charge in [0.2, 0.25) is 0 Å². The Bertz CT molecular complexity index is 906. The number of esters is 1. The number of carbonyl (C=O) groups is 3. The van der Waals surface area contributed by atoms with Crippen molar-refractivity contribution in [1.82, 2.24) is 0 Å². The van der Waals surface area contributed by atoms with Crippen LogP contribution in [0.4, 0.5) is 11.4 Å². The van der Waals surface area contributed by atoms with Crippen LogP contribution in [0.15, 0.2) is 30.3 Å². The van der Waals surface area contributed by atoms with Crippen LogP contribution < -0.4 is 10.2 Å². The van der Waals surface area contributed by atoms with Crippen LogP contribution in [0.25, 0.3) is 0 Å². The molecule has 2 heterocycles. The van der Waals surface area contributed by atoms with E-state index in [9.17, 15) is 14.4 Å². The summed E-state index contributed by atoms with van der Waals surface area (Å²) in [7, 11) is 0. The van der Waals surface area contributed by atoms with Crippen molar-refractivity contribution in [3.63, 3.8) is 0 Å². The molecule has 1 N–H and O–H groups in total. The van der Waals surface area contributed by atoms with Crippen LogP contribution in [0.1, 0.15) is 40.9 Å². The number of hydrogen-bond acceptors (Lipinski definition) is 6. The molecule has 1 aromatic carbocycles. The van der Waals surface area contributed by atoms with E-state index in [-0.39, 0.29) is 25.2 Å². The van der Waals surface area contributed by atoms with E-state index in [1.54, 1.807) is 12.1 Å². The third kappa shape index (κ3) is 6.05. The summed E-state index contributed by atoms with van der Waals surface area (Å²) in [4.78, 5) is 38.7.